The molecule has 18 heavy (non-hydrogen) atoms. The van der Waals surface area contributed by atoms with Crippen molar-refractivity contribution in [3.63, 3.8) is 0 Å². The van der Waals surface area contributed by atoms with Crippen LogP contribution in [0.4, 0.5) is 5.82 Å². The lowest BCUT2D eigenvalue weighted by molar-refractivity contribution is 0.380. The molecule has 0 bridgehead atoms. The van der Waals surface area contributed by atoms with E-state index in [0.717, 1.165) is 17.3 Å². The average molecular weight is 304 g/mol. The molecule has 0 amide bonds. The first-order valence-electron chi connectivity index (χ1n) is 5.23. The fraction of sp³-hybridized carbons (Fsp3) is 0.273. The number of nitrogens with one attached hydrogen (secondary N) is 1. The molecule has 0 aliphatic rings. The molecule has 0 saturated heterocycles. The third-order valence-corrected chi connectivity index (χ3v) is 3.76. The van der Waals surface area contributed by atoms with E-state index in [4.69, 9.17) is 27.9 Å². The molecule has 0 aliphatic heterocycles. The summed E-state index contributed by atoms with van der Waals surface area (Å²) < 4.78 is 5.74. The van der Waals surface area contributed by atoms with Crippen LogP contribution in [-0.2, 0) is 6.42 Å². The highest BCUT2D eigenvalue weighted by Crippen LogP contribution is 2.23. The van der Waals surface area contributed by atoms with E-state index in [1.807, 2.05) is 12.1 Å². The van der Waals surface area contributed by atoms with Gasteiger partial charge in [-0.15, -0.1) is 11.3 Å². The normalized spacial score (nSPS) is 10.4. The topological polar surface area (TPSA) is 47.0 Å². The van der Waals surface area contributed by atoms with E-state index in [1.165, 1.54) is 18.2 Å². The van der Waals surface area contributed by atoms with Crippen molar-refractivity contribution in [1.29, 1.82) is 0 Å². The molecular formula is C11H11Cl2N3OS. The smallest absolute Gasteiger partial charge is 0.318 e. The van der Waals surface area contributed by atoms with Gasteiger partial charge in [0.1, 0.15) is 5.02 Å². The van der Waals surface area contributed by atoms with Crippen LogP contribution >= 0.6 is 34.5 Å². The van der Waals surface area contributed by atoms with Crippen molar-refractivity contribution in [3.8, 4) is 6.01 Å². The highest BCUT2D eigenvalue weighted by Gasteiger charge is 2.05. The predicted molar refractivity (Wildman–Crippen MR) is 75.1 cm³/mol. The lowest BCUT2D eigenvalue weighted by atomic mass is 10.3. The van der Waals surface area contributed by atoms with Crippen LogP contribution in [0.25, 0.3) is 0 Å². The van der Waals surface area contributed by atoms with Crippen molar-refractivity contribution in [2.45, 2.75) is 6.42 Å². The Morgan fingerprint density at radius 1 is 1.39 bits per heavy atom. The highest BCUT2D eigenvalue weighted by molar-refractivity contribution is 7.16. The summed E-state index contributed by atoms with van der Waals surface area (Å²) in [6, 6.07) is 4.19. The first-order chi connectivity index (χ1) is 8.69. The highest BCUT2D eigenvalue weighted by atomic mass is 35.5. The second-order valence-corrected chi connectivity index (χ2v) is 5.64. The molecule has 0 aromatic carbocycles. The molecule has 96 valence electrons. The number of hydrogen-bond donors (Lipinski definition) is 1. The molecule has 0 aliphatic carbocycles. The molecule has 0 fully saturated rings. The first-order valence-corrected chi connectivity index (χ1v) is 6.81. The van der Waals surface area contributed by atoms with E-state index in [-0.39, 0.29) is 0 Å². The molecule has 0 spiro atoms. The van der Waals surface area contributed by atoms with E-state index in [1.54, 1.807) is 11.3 Å². The Morgan fingerprint density at radius 3 is 2.89 bits per heavy atom. The molecule has 2 rings (SSSR count). The number of halogens is 2. The summed E-state index contributed by atoms with van der Waals surface area (Å²) in [5.74, 6) is 0.575. The Morgan fingerprint density at radius 2 is 2.22 bits per heavy atom. The summed E-state index contributed by atoms with van der Waals surface area (Å²) in [6.07, 6.45) is 2.37. The molecule has 0 saturated carbocycles. The first kappa shape index (κ1) is 13.4. The lowest BCUT2D eigenvalue weighted by Crippen LogP contribution is -2.07. The maximum Gasteiger partial charge on any atom is 0.318 e. The molecular weight excluding hydrogens is 293 g/mol. The third-order valence-electron chi connectivity index (χ3n) is 2.20. The second-order valence-electron chi connectivity index (χ2n) is 3.44. The molecule has 1 N–H and O–H groups in total. The molecule has 2 aromatic heterocycles. The minimum atomic E-state index is 0.293. The number of thiophene rings is 1. The zero-order valence-corrected chi connectivity index (χ0v) is 11.9. The number of nitrogens with zero attached hydrogens (tertiary/aromatic N) is 2. The van der Waals surface area contributed by atoms with E-state index in [9.17, 15) is 0 Å². The fourth-order valence-electron chi connectivity index (χ4n) is 1.36. The van der Waals surface area contributed by atoms with E-state index >= 15 is 0 Å². The van der Waals surface area contributed by atoms with Gasteiger partial charge in [-0.3, -0.25) is 0 Å². The Bertz CT molecular complexity index is 533. The van der Waals surface area contributed by atoms with Gasteiger partial charge in [0.05, 0.1) is 17.6 Å². The zero-order chi connectivity index (χ0) is 13.0. The van der Waals surface area contributed by atoms with Gasteiger partial charge in [-0.2, -0.15) is 4.98 Å². The van der Waals surface area contributed by atoms with Gasteiger partial charge >= 0.3 is 6.01 Å². The summed E-state index contributed by atoms with van der Waals surface area (Å²) in [7, 11) is 1.51. The molecule has 2 aromatic rings. The Kier molecular flexibility index (Phi) is 4.63. The van der Waals surface area contributed by atoms with Gasteiger partial charge in [0.15, 0.2) is 5.82 Å². The van der Waals surface area contributed by atoms with Crippen molar-refractivity contribution < 1.29 is 4.74 Å². The number of methoxy groups -OCH3 is 1. The third kappa shape index (κ3) is 3.48. The van der Waals surface area contributed by atoms with Crippen LogP contribution < -0.4 is 10.1 Å². The largest absolute Gasteiger partial charge is 0.467 e. The summed E-state index contributed by atoms with van der Waals surface area (Å²) in [5.41, 5.74) is 0. The number of aromatic nitrogens is 2. The standard InChI is InChI=1S/C11H11Cl2N3OS/c1-17-11-15-6-8(12)10(16-11)14-5-4-7-2-3-9(13)18-7/h2-3,6H,4-5H2,1H3,(H,14,15,16). The van der Waals surface area contributed by atoms with Crippen molar-refractivity contribution in [2.75, 3.05) is 19.0 Å². The minimum absolute atomic E-state index is 0.293. The second kappa shape index (κ2) is 6.22. The summed E-state index contributed by atoms with van der Waals surface area (Å²) in [6.45, 7) is 0.719. The van der Waals surface area contributed by atoms with Crippen molar-refractivity contribution in [3.05, 3.63) is 32.6 Å². The van der Waals surface area contributed by atoms with E-state index < -0.39 is 0 Å². The van der Waals surface area contributed by atoms with Gasteiger partial charge < -0.3 is 10.1 Å². The van der Waals surface area contributed by atoms with Gasteiger partial charge in [0.2, 0.25) is 0 Å². The molecule has 4 nitrogen and oxygen atoms in total. The number of ether oxygens (including phenoxy) is 1. The van der Waals surface area contributed by atoms with Crippen LogP contribution in [-0.4, -0.2) is 23.6 Å². The summed E-state index contributed by atoms with van der Waals surface area (Å²) in [4.78, 5) is 9.25. The fourth-order valence-corrected chi connectivity index (χ4v) is 2.61. The van der Waals surface area contributed by atoms with Crippen LogP contribution in [0.2, 0.25) is 9.36 Å². The zero-order valence-electron chi connectivity index (χ0n) is 9.61. The summed E-state index contributed by atoms with van der Waals surface area (Å²) in [5, 5.41) is 3.62. The molecule has 0 atom stereocenters. The Hall–Kier alpha value is -1.04. The molecule has 7 heteroatoms. The Balaban J connectivity index is 1.93. The van der Waals surface area contributed by atoms with E-state index in [0.29, 0.717) is 16.9 Å². The van der Waals surface area contributed by atoms with Crippen LogP contribution in [0.1, 0.15) is 4.88 Å². The van der Waals surface area contributed by atoms with Gasteiger partial charge in [-0.05, 0) is 18.6 Å². The predicted octanol–water partition coefficient (Wildman–Crippen LogP) is 3.51. The number of hydrogen-bond acceptors (Lipinski definition) is 5. The van der Waals surface area contributed by atoms with Crippen LogP contribution in [0.3, 0.4) is 0 Å². The van der Waals surface area contributed by atoms with Gasteiger partial charge in [-0.1, -0.05) is 23.2 Å². The number of anilines is 1. The average Bonchev–Trinajstić information content (AvgIpc) is 2.77. The van der Waals surface area contributed by atoms with Crippen molar-refractivity contribution in [2.24, 2.45) is 0 Å². The van der Waals surface area contributed by atoms with Gasteiger partial charge in [-0.25, -0.2) is 4.98 Å². The van der Waals surface area contributed by atoms with Crippen molar-refractivity contribution >= 4 is 40.4 Å². The quantitative estimate of drug-likeness (QED) is 0.918. The van der Waals surface area contributed by atoms with Crippen LogP contribution in [0.5, 0.6) is 6.01 Å². The number of rotatable bonds is 5. The molecule has 2 heterocycles. The van der Waals surface area contributed by atoms with Crippen LogP contribution in [0, 0.1) is 0 Å². The SMILES string of the molecule is COc1ncc(Cl)c(NCCc2ccc(Cl)s2)n1. The minimum Gasteiger partial charge on any atom is -0.467 e. The Labute approximate surface area is 119 Å². The maximum atomic E-state index is 5.98. The molecule has 0 unspecified atom stereocenters. The van der Waals surface area contributed by atoms with E-state index in [2.05, 4.69) is 15.3 Å². The van der Waals surface area contributed by atoms with Crippen LogP contribution in [0.15, 0.2) is 18.3 Å². The maximum absolute atomic E-state index is 5.98. The monoisotopic (exact) mass is 303 g/mol. The molecule has 0 radical (unpaired) electrons. The summed E-state index contributed by atoms with van der Waals surface area (Å²) >= 11 is 13.4. The lowest BCUT2D eigenvalue weighted by Gasteiger charge is -2.07. The van der Waals surface area contributed by atoms with Crippen molar-refractivity contribution in [1.82, 2.24) is 9.97 Å². The van der Waals surface area contributed by atoms with Gasteiger partial charge in [0, 0.05) is 11.4 Å². The van der Waals surface area contributed by atoms with Gasteiger partial charge in [0.25, 0.3) is 0 Å².